The molecule has 0 aliphatic carbocycles. The number of rotatable bonds is 1. The van der Waals surface area contributed by atoms with E-state index in [9.17, 15) is 26.7 Å². The van der Waals surface area contributed by atoms with Gasteiger partial charge >= 0.3 is 18.2 Å². The lowest BCUT2D eigenvalue weighted by Gasteiger charge is -2.31. The van der Waals surface area contributed by atoms with Gasteiger partial charge < -0.3 is 10.1 Å². The molecule has 1 heterocycles. The Morgan fingerprint density at radius 2 is 1.75 bits per heavy atom. The fourth-order valence-corrected chi connectivity index (χ4v) is 1.70. The van der Waals surface area contributed by atoms with E-state index in [1.807, 2.05) is 5.32 Å². The van der Waals surface area contributed by atoms with Crippen LogP contribution in [0.5, 0.6) is 0 Å². The van der Waals surface area contributed by atoms with E-state index in [4.69, 9.17) is 0 Å². The van der Waals surface area contributed by atoms with Gasteiger partial charge in [0.25, 0.3) is 0 Å². The number of carbonyl (C=O) groups is 1. The van der Waals surface area contributed by atoms with Crippen molar-refractivity contribution in [2.24, 2.45) is 0 Å². The van der Waals surface area contributed by atoms with E-state index >= 15 is 0 Å². The van der Waals surface area contributed by atoms with E-state index < -0.39 is 36.4 Å². The Balaban J connectivity index is 0.00000200. The van der Waals surface area contributed by atoms with Crippen molar-refractivity contribution in [3.63, 3.8) is 0 Å². The normalized spacial score (nSPS) is 21.4. The molecule has 1 saturated heterocycles. The summed E-state index contributed by atoms with van der Waals surface area (Å²) in [5.41, 5.74) is -1.06. The number of amides is 1. The summed E-state index contributed by atoms with van der Waals surface area (Å²) in [5, 5.41) is 1.89. The lowest BCUT2D eigenvalue weighted by atomic mass is 9.99. The van der Waals surface area contributed by atoms with Crippen molar-refractivity contribution in [2.45, 2.75) is 18.1 Å². The number of alkyl halides is 5. The van der Waals surface area contributed by atoms with Gasteiger partial charge in [-0.1, -0.05) is 12.1 Å². The standard InChI is InChI=1S/C11H8F5NO2.ClH/c12-10(13)5-19-9(18)17-8(10)6-1-3-7(4-2-6)11(14,15)16;/h1-4,8H,5H2,(H,17,18);1H/t8-;/m0./s1. The smallest absolute Gasteiger partial charge is 0.416 e. The number of halogens is 6. The van der Waals surface area contributed by atoms with Gasteiger partial charge in [0.1, 0.15) is 6.04 Å². The summed E-state index contributed by atoms with van der Waals surface area (Å²) in [5.74, 6) is -3.38. The zero-order chi connectivity index (χ0) is 14.3. The van der Waals surface area contributed by atoms with Crippen LogP contribution in [0.25, 0.3) is 0 Å². The molecule has 1 aliphatic heterocycles. The SMILES string of the molecule is Cl.O=C1N[C@@H](c2ccc(C(F)(F)F)cc2)C(F)(F)CO1. The van der Waals surface area contributed by atoms with Crippen molar-refractivity contribution in [3.8, 4) is 0 Å². The molecular formula is C11H9ClF5NO2. The highest BCUT2D eigenvalue weighted by Crippen LogP contribution is 2.36. The average Bonchev–Trinajstić information content (AvgIpc) is 2.31. The number of cyclic esters (lactones) is 1. The molecule has 1 atom stereocenters. The first kappa shape index (κ1) is 16.5. The van der Waals surface area contributed by atoms with Gasteiger partial charge in [-0.3, -0.25) is 0 Å². The lowest BCUT2D eigenvalue weighted by molar-refractivity contribution is -0.137. The molecule has 2 rings (SSSR count). The first-order chi connectivity index (χ1) is 8.70. The van der Waals surface area contributed by atoms with Crippen LogP contribution in [0.4, 0.5) is 26.7 Å². The predicted molar refractivity (Wildman–Crippen MR) is 60.9 cm³/mol. The summed E-state index contributed by atoms with van der Waals surface area (Å²) in [6.07, 6.45) is -5.57. The molecule has 0 aromatic heterocycles. The third kappa shape index (κ3) is 3.30. The van der Waals surface area contributed by atoms with Crippen LogP contribution < -0.4 is 5.32 Å². The number of ether oxygens (including phenoxy) is 1. The molecule has 0 bridgehead atoms. The van der Waals surface area contributed by atoms with E-state index in [0.29, 0.717) is 12.1 Å². The number of nitrogens with one attached hydrogen (secondary N) is 1. The summed E-state index contributed by atoms with van der Waals surface area (Å²) in [6.45, 7) is -1.11. The summed E-state index contributed by atoms with van der Waals surface area (Å²) in [6, 6.07) is 1.50. The molecular weight excluding hydrogens is 309 g/mol. The molecule has 1 N–H and O–H groups in total. The highest BCUT2D eigenvalue weighted by molar-refractivity contribution is 5.85. The quantitative estimate of drug-likeness (QED) is 0.805. The van der Waals surface area contributed by atoms with E-state index in [0.717, 1.165) is 12.1 Å². The van der Waals surface area contributed by atoms with Crippen LogP contribution in [0.2, 0.25) is 0 Å². The largest absolute Gasteiger partial charge is 0.443 e. The van der Waals surface area contributed by atoms with Crippen LogP contribution in [0, 0.1) is 0 Å². The van der Waals surface area contributed by atoms with Crippen LogP contribution in [-0.2, 0) is 10.9 Å². The van der Waals surface area contributed by atoms with Crippen molar-refractivity contribution in [1.82, 2.24) is 5.32 Å². The number of alkyl carbamates (subject to hydrolysis) is 1. The second-order valence-electron chi connectivity index (χ2n) is 4.03. The third-order valence-corrected chi connectivity index (χ3v) is 2.65. The lowest BCUT2D eigenvalue weighted by Crippen LogP contribution is -2.49. The highest BCUT2D eigenvalue weighted by atomic mass is 35.5. The maximum Gasteiger partial charge on any atom is 0.416 e. The van der Waals surface area contributed by atoms with Gasteiger partial charge in [0.05, 0.1) is 5.56 Å². The number of benzene rings is 1. The summed E-state index contributed by atoms with van der Waals surface area (Å²) in [7, 11) is 0. The van der Waals surface area contributed by atoms with Crippen LogP contribution in [0.15, 0.2) is 24.3 Å². The van der Waals surface area contributed by atoms with Gasteiger partial charge in [-0.15, -0.1) is 12.4 Å². The van der Waals surface area contributed by atoms with Gasteiger partial charge in [0, 0.05) is 0 Å². The molecule has 1 aromatic carbocycles. The summed E-state index contributed by atoms with van der Waals surface area (Å²) < 4.78 is 68.2. The Hall–Kier alpha value is -1.57. The van der Waals surface area contributed by atoms with Crippen LogP contribution in [0.1, 0.15) is 17.2 Å². The molecule has 1 aromatic rings. The fourth-order valence-electron chi connectivity index (χ4n) is 1.70. The Bertz CT molecular complexity index is 489. The first-order valence-electron chi connectivity index (χ1n) is 5.18. The third-order valence-electron chi connectivity index (χ3n) is 2.65. The molecule has 20 heavy (non-hydrogen) atoms. The Morgan fingerprint density at radius 1 is 1.20 bits per heavy atom. The molecule has 0 saturated carbocycles. The Morgan fingerprint density at radius 3 is 2.25 bits per heavy atom. The molecule has 9 heteroatoms. The molecule has 1 amide bonds. The monoisotopic (exact) mass is 317 g/mol. The predicted octanol–water partition coefficient (Wildman–Crippen LogP) is 3.54. The van der Waals surface area contributed by atoms with Crippen molar-refractivity contribution in [3.05, 3.63) is 35.4 Å². The van der Waals surface area contributed by atoms with Gasteiger partial charge in [-0.2, -0.15) is 13.2 Å². The minimum atomic E-state index is -4.54. The zero-order valence-corrected chi connectivity index (χ0v) is 10.5. The Labute approximate surface area is 116 Å². The molecule has 1 aliphatic rings. The average molecular weight is 318 g/mol. The molecule has 0 unspecified atom stereocenters. The maximum absolute atomic E-state index is 13.5. The van der Waals surface area contributed by atoms with Gasteiger partial charge in [0.15, 0.2) is 6.61 Å². The van der Waals surface area contributed by atoms with E-state index in [-0.39, 0.29) is 18.0 Å². The minimum absolute atomic E-state index is 0. The van der Waals surface area contributed by atoms with Crippen molar-refractivity contribution in [1.29, 1.82) is 0 Å². The molecule has 0 spiro atoms. The van der Waals surface area contributed by atoms with E-state index in [2.05, 4.69) is 4.74 Å². The second-order valence-corrected chi connectivity index (χ2v) is 4.03. The number of hydrogen-bond acceptors (Lipinski definition) is 2. The first-order valence-corrected chi connectivity index (χ1v) is 5.18. The maximum atomic E-state index is 13.5. The van der Waals surface area contributed by atoms with Gasteiger partial charge in [-0.25, -0.2) is 13.6 Å². The number of carbonyl (C=O) groups excluding carboxylic acids is 1. The Kier molecular flexibility index (Phi) is 4.48. The minimum Gasteiger partial charge on any atom is -0.443 e. The van der Waals surface area contributed by atoms with Crippen LogP contribution in [-0.4, -0.2) is 18.6 Å². The van der Waals surface area contributed by atoms with Crippen molar-refractivity contribution < 1.29 is 31.5 Å². The van der Waals surface area contributed by atoms with Crippen molar-refractivity contribution >= 4 is 18.5 Å². The van der Waals surface area contributed by atoms with Crippen LogP contribution >= 0.6 is 12.4 Å². The highest BCUT2D eigenvalue weighted by Gasteiger charge is 2.46. The summed E-state index contributed by atoms with van der Waals surface area (Å²) >= 11 is 0. The van der Waals surface area contributed by atoms with Gasteiger partial charge in [-0.05, 0) is 17.7 Å². The second kappa shape index (κ2) is 5.43. The van der Waals surface area contributed by atoms with Gasteiger partial charge in [0.2, 0.25) is 0 Å². The van der Waals surface area contributed by atoms with Crippen LogP contribution in [0.3, 0.4) is 0 Å². The van der Waals surface area contributed by atoms with E-state index in [1.165, 1.54) is 0 Å². The number of hydrogen-bond donors (Lipinski definition) is 1. The molecule has 1 fully saturated rings. The van der Waals surface area contributed by atoms with Crippen molar-refractivity contribution in [2.75, 3.05) is 6.61 Å². The molecule has 0 radical (unpaired) electrons. The molecule has 112 valence electrons. The molecule has 3 nitrogen and oxygen atoms in total. The summed E-state index contributed by atoms with van der Waals surface area (Å²) in [4.78, 5) is 10.9. The zero-order valence-electron chi connectivity index (χ0n) is 9.71. The fraction of sp³-hybridized carbons (Fsp3) is 0.364. The topological polar surface area (TPSA) is 38.3 Å². The van der Waals surface area contributed by atoms with E-state index in [1.54, 1.807) is 0 Å².